The number of benzene rings is 1. The molecule has 0 spiro atoms. The number of para-hydroxylation sites is 1. The minimum Gasteiger partial charge on any atom is -0.384 e. The summed E-state index contributed by atoms with van der Waals surface area (Å²) in [6.45, 7) is 1.47. The summed E-state index contributed by atoms with van der Waals surface area (Å²) in [7, 11) is 0. The van der Waals surface area contributed by atoms with E-state index in [1.54, 1.807) is 37.3 Å². The number of nitrogens with one attached hydrogen (secondary N) is 2. The molecule has 21 heavy (non-hydrogen) atoms. The molecule has 0 fully saturated rings. The monoisotopic (exact) mass is 282 g/mol. The molecule has 5 heteroatoms. The number of anilines is 1. The number of aromatic nitrogens is 1. The minimum absolute atomic E-state index is 0.0329. The third-order valence-corrected chi connectivity index (χ3v) is 2.78. The van der Waals surface area contributed by atoms with Crippen molar-refractivity contribution in [2.24, 2.45) is 0 Å². The van der Waals surface area contributed by atoms with Crippen LogP contribution in [0.5, 0.6) is 0 Å². The molecule has 1 amide bonds. The molecule has 0 aliphatic heterocycles. The zero-order valence-corrected chi connectivity index (χ0v) is 11.4. The number of amides is 1. The zero-order chi connectivity index (χ0) is 15.2. The lowest BCUT2D eigenvalue weighted by atomic mass is 10.1. The van der Waals surface area contributed by atoms with Crippen LogP contribution in [-0.4, -0.2) is 22.6 Å². The smallest absolute Gasteiger partial charge is 0.261 e. The number of carbonyl (C=O) groups is 1. The van der Waals surface area contributed by atoms with Crippen molar-refractivity contribution >= 4 is 11.6 Å². The number of aliphatic hydroxyl groups is 1. The molecular formula is C16H14N2O3. The van der Waals surface area contributed by atoms with Gasteiger partial charge in [0.1, 0.15) is 12.2 Å². The van der Waals surface area contributed by atoms with Crippen molar-refractivity contribution in [1.82, 2.24) is 4.98 Å². The van der Waals surface area contributed by atoms with E-state index in [0.717, 1.165) is 0 Å². The molecule has 0 unspecified atom stereocenters. The van der Waals surface area contributed by atoms with Crippen LogP contribution in [0.4, 0.5) is 5.69 Å². The highest BCUT2D eigenvalue weighted by Crippen LogP contribution is 2.14. The van der Waals surface area contributed by atoms with Gasteiger partial charge in [0.15, 0.2) is 0 Å². The van der Waals surface area contributed by atoms with Crippen molar-refractivity contribution in [2.75, 3.05) is 11.9 Å². The highest BCUT2D eigenvalue weighted by Gasteiger charge is 2.11. The minimum atomic E-state index is -0.505. The Morgan fingerprint density at radius 3 is 2.76 bits per heavy atom. The number of aromatic amines is 1. The van der Waals surface area contributed by atoms with Crippen LogP contribution in [0.15, 0.2) is 41.2 Å². The molecule has 1 aromatic carbocycles. The molecule has 5 nitrogen and oxygen atoms in total. The molecule has 0 saturated heterocycles. The predicted octanol–water partition coefficient (Wildman–Crippen LogP) is 1.28. The number of hydrogen-bond donors (Lipinski definition) is 3. The van der Waals surface area contributed by atoms with E-state index in [4.69, 9.17) is 5.11 Å². The van der Waals surface area contributed by atoms with E-state index in [-0.39, 0.29) is 12.2 Å². The van der Waals surface area contributed by atoms with Crippen molar-refractivity contribution in [2.45, 2.75) is 6.92 Å². The highest BCUT2D eigenvalue weighted by atomic mass is 16.2. The van der Waals surface area contributed by atoms with Crippen LogP contribution in [0.1, 0.15) is 21.6 Å². The summed E-state index contributed by atoms with van der Waals surface area (Å²) in [6.07, 6.45) is 0. The molecule has 0 saturated carbocycles. The fraction of sp³-hybridized carbons (Fsp3) is 0.125. The summed E-state index contributed by atoms with van der Waals surface area (Å²) in [4.78, 5) is 26.5. The maximum Gasteiger partial charge on any atom is 0.261 e. The Labute approximate surface area is 121 Å². The van der Waals surface area contributed by atoms with Gasteiger partial charge >= 0.3 is 0 Å². The number of rotatable bonds is 2. The first kappa shape index (κ1) is 14.6. The molecule has 1 aromatic heterocycles. The van der Waals surface area contributed by atoms with Crippen molar-refractivity contribution in [3.63, 3.8) is 0 Å². The Morgan fingerprint density at radius 2 is 2.05 bits per heavy atom. The quantitative estimate of drug-likeness (QED) is 0.726. The SMILES string of the molecule is Cc1ccc(C(=O)Nc2ccccc2C#CCO)c(=O)[nH]1. The van der Waals surface area contributed by atoms with Crippen molar-refractivity contribution in [3.8, 4) is 11.8 Å². The predicted molar refractivity (Wildman–Crippen MR) is 80.2 cm³/mol. The second-order valence-corrected chi connectivity index (χ2v) is 4.34. The van der Waals surface area contributed by atoms with Gasteiger partial charge in [-0.15, -0.1) is 0 Å². The van der Waals surface area contributed by atoms with E-state index in [9.17, 15) is 9.59 Å². The lowest BCUT2D eigenvalue weighted by Gasteiger charge is -2.07. The molecule has 0 radical (unpaired) electrons. The first-order valence-electron chi connectivity index (χ1n) is 6.32. The molecule has 0 aliphatic carbocycles. The second-order valence-electron chi connectivity index (χ2n) is 4.34. The second kappa shape index (κ2) is 6.55. The van der Waals surface area contributed by atoms with E-state index >= 15 is 0 Å². The number of H-pyrrole nitrogens is 1. The summed E-state index contributed by atoms with van der Waals surface area (Å²) in [5.41, 5.74) is 1.34. The first-order valence-corrected chi connectivity index (χ1v) is 6.32. The summed E-state index contributed by atoms with van der Waals surface area (Å²) < 4.78 is 0. The van der Waals surface area contributed by atoms with E-state index in [1.807, 2.05) is 0 Å². The Morgan fingerprint density at radius 1 is 1.29 bits per heavy atom. The molecule has 1 heterocycles. The summed E-state index contributed by atoms with van der Waals surface area (Å²) in [5.74, 6) is 4.76. The lowest BCUT2D eigenvalue weighted by Crippen LogP contribution is -2.23. The van der Waals surface area contributed by atoms with E-state index < -0.39 is 11.5 Å². The van der Waals surface area contributed by atoms with Crippen LogP contribution in [0.3, 0.4) is 0 Å². The number of hydrogen-bond acceptors (Lipinski definition) is 3. The topological polar surface area (TPSA) is 82.2 Å². The van der Waals surface area contributed by atoms with Crippen LogP contribution < -0.4 is 10.9 Å². The molecule has 3 N–H and O–H groups in total. The fourth-order valence-corrected chi connectivity index (χ4v) is 1.78. The van der Waals surface area contributed by atoms with Crippen LogP contribution >= 0.6 is 0 Å². The lowest BCUT2D eigenvalue weighted by molar-refractivity contribution is 0.102. The Balaban J connectivity index is 2.30. The number of carbonyl (C=O) groups excluding carboxylic acids is 1. The third-order valence-electron chi connectivity index (χ3n) is 2.78. The van der Waals surface area contributed by atoms with E-state index in [0.29, 0.717) is 16.9 Å². The molecule has 0 atom stereocenters. The van der Waals surface area contributed by atoms with Gasteiger partial charge in [0, 0.05) is 11.3 Å². The maximum atomic E-state index is 12.1. The van der Waals surface area contributed by atoms with Gasteiger partial charge in [-0.1, -0.05) is 24.0 Å². The van der Waals surface area contributed by atoms with Gasteiger partial charge in [0.05, 0.1) is 5.69 Å². The Hall–Kier alpha value is -2.84. The first-order chi connectivity index (χ1) is 10.1. The Kier molecular flexibility index (Phi) is 4.54. The van der Waals surface area contributed by atoms with Crippen molar-refractivity contribution < 1.29 is 9.90 Å². The van der Waals surface area contributed by atoms with Gasteiger partial charge in [-0.2, -0.15) is 0 Å². The van der Waals surface area contributed by atoms with E-state index in [2.05, 4.69) is 22.1 Å². The van der Waals surface area contributed by atoms with Crippen LogP contribution in [0.2, 0.25) is 0 Å². The zero-order valence-electron chi connectivity index (χ0n) is 11.4. The standard InChI is InChI=1S/C16H14N2O3/c1-11-8-9-13(15(20)17-11)16(21)18-14-7-3-2-5-12(14)6-4-10-19/h2-3,5,7-9,19H,10H2,1H3,(H,17,20)(H,18,21). The molecule has 106 valence electrons. The third kappa shape index (κ3) is 3.59. The van der Waals surface area contributed by atoms with Gasteiger partial charge in [-0.3, -0.25) is 9.59 Å². The summed E-state index contributed by atoms with van der Waals surface area (Å²) in [5, 5.41) is 11.4. The molecule has 0 bridgehead atoms. The van der Waals surface area contributed by atoms with Gasteiger partial charge in [-0.25, -0.2) is 0 Å². The van der Waals surface area contributed by atoms with Gasteiger partial charge < -0.3 is 15.4 Å². The number of pyridine rings is 1. The Bertz CT molecular complexity index is 782. The highest BCUT2D eigenvalue weighted by molar-refractivity contribution is 6.04. The normalized spacial score (nSPS) is 9.62. The van der Waals surface area contributed by atoms with Crippen LogP contribution in [0, 0.1) is 18.8 Å². The molecule has 2 rings (SSSR count). The maximum absolute atomic E-state index is 12.1. The number of aryl methyl sites for hydroxylation is 1. The van der Waals surface area contributed by atoms with Crippen molar-refractivity contribution in [3.05, 3.63) is 63.6 Å². The average molecular weight is 282 g/mol. The summed E-state index contributed by atoms with van der Waals surface area (Å²) >= 11 is 0. The molecular weight excluding hydrogens is 268 g/mol. The fourth-order valence-electron chi connectivity index (χ4n) is 1.78. The van der Waals surface area contributed by atoms with Gasteiger partial charge in [0.25, 0.3) is 11.5 Å². The van der Waals surface area contributed by atoms with Gasteiger partial charge in [-0.05, 0) is 31.2 Å². The molecule has 2 aromatic rings. The average Bonchev–Trinajstić information content (AvgIpc) is 2.46. The molecule has 0 aliphatic rings. The summed E-state index contributed by atoms with van der Waals surface area (Å²) in [6, 6.07) is 10.1. The number of aliphatic hydroxyl groups excluding tert-OH is 1. The van der Waals surface area contributed by atoms with E-state index in [1.165, 1.54) is 6.07 Å². The van der Waals surface area contributed by atoms with Crippen LogP contribution in [0.25, 0.3) is 0 Å². The van der Waals surface area contributed by atoms with Crippen molar-refractivity contribution in [1.29, 1.82) is 0 Å². The van der Waals surface area contributed by atoms with Gasteiger partial charge in [0.2, 0.25) is 0 Å². The largest absolute Gasteiger partial charge is 0.384 e. The van der Waals surface area contributed by atoms with Crippen LogP contribution in [-0.2, 0) is 0 Å².